The van der Waals surface area contributed by atoms with Crippen molar-refractivity contribution >= 4 is 28.5 Å². The van der Waals surface area contributed by atoms with Gasteiger partial charge in [0.15, 0.2) is 0 Å². The monoisotopic (exact) mass is 415 g/mol. The zero-order valence-electron chi connectivity index (χ0n) is 14.3. The number of alkyl halides is 3. The second-order valence-electron chi connectivity index (χ2n) is 5.72. The van der Waals surface area contributed by atoms with Gasteiger partial charge in [-0.3, -0.25) is 0 Å². The Hall–Kier alpha value is -2.78. The summed E-state index contributed by atoms with van der Waals surface area (Å²) < 4.78 is 45.3. The number of aromatic nitrogens is 2. The third kappa shape index (κ3) is 4.93. The van der Waals surface area contributed by atoms with E-state index in [1.165, 1.54) is 12.1 Å². The average Bonchev–Trinajstić information content (AvgIpc) is 2.61. The van der Waals surface area contributed by atoms with E-state index in [4.69, 9.17) is 27.2 Å². The first-order valence-corrected chi connectivity index (χ1v) is 8.15. The number of nitrogens with two attached hydrogens (primary N) is 1. The summed E-state index contributed by atoms with van der Waals surface area (Å²) >= 11 is 6.30. The lowest BCUT2D eigenvalue weighted by molar-refractivity contribution is -0.192. The largest absolute Gasteiger partial charge is 0.490 e. The first-order chi connectivity index (χ1) is 13.0. The fraction of sp³-hybridized carbons (Fsp3) is 0.167. The van der Waals surface area contributed by atoms with Gasteiger partial charge < -0.3 is 10.8 Å². The topological polar surface area (TPSA) is 89.1 Å². The van der Waals surface area contributed by atoms with E-state index in [-0.39, 0.29) is 11.9 Å². The minimum atomic E-state index is -5.08. The fourth-order valence-electron chi connectivity index (χ4n) is 2.44. The van der Waals surface area contributed by atoms with E-state index in [1.807, 2.05) is 19.1 Å². The van der Waals surface area contributed by atoms with Crippen molar-refractivity contribution in [3.05, 3.63) is 59.0 Å². The lowest BCUT2D eigenvalue weighted by atomic mass is 9.93. The standard InChI is InChI=1S/C16H13ClFN3.C2HF3O2/c1-9(19)13-8-14(17)12-5-6-20-21-16(12)15(13)10-3-2-4-11(18)7-10;3-2(4,5)1(6)7/h2-9H,19H2,1H3;(H,6,7). The zero-order valence-corrected chi connectivity index (χ0v) is 15.1. The molecule has 0 amide bonds. The van der Waals surface area contributed by atoms with Crippen LogP contribution in [0, 0.1) is 5.82 Å². The molecule has 0 aliphatic carbocycles. The van der Waals surface area contributed by atoms with Crippen LogP contribution in [-0.4, -0.2) is 27.4 Å². The maximum atomic E-state index is 13.6. The number of rotatable bonds is 2. The van der Waals surface area contributed by atoms with Crippen LogP contribution in [0.1, 0.15) is 18.5 Å². The molecule has 0 spiro atoms. The number of aliphatic carboxylic acids is 1. The highest BCUT2D eigenvalue weighted by molar-refractivity contribution is 6.36. The number of nitrogens with zero attached hydrogens (tertiary/aromatic N) is 2. The van der Waals surface area contributed by atoms with Crippen molar-refractivity contribution in [3.63, 3.8) is 0 Å². The predicted molar refractivity (Wildman–Crippen MR) is 96.2 cm³/mol. The third-order valence-corrected chi connectivity index (χ3v) is 3.94. The molecule has 0 saturated heterocycles. The first kappa shape index (κ1) is 21.5. The van der Waals surface area contributed by atoms with Crippen molar-refractivity contribution in [3.8, 4) is 11.1 Å². The molecule has 0 bridgehead atoms. The molecule has 3 rings (SSSR count). The van der Waals surface area contributed by atoms with Gasteiger partial charge in [0.25, 0.3) is 0 Å². The number of fused-ring (bicyclic) bond motifs is 1. The molecule has 0 radical (unpaired) electrons. The van der Waals surface area contributed by atoms with Gasteiger partial charge in [-0.25, -0.2) is 9.18 Å². The summed E-state index contributed by atoms with van der Waals surface area (Å²) in [5, 5.41) is 16.6. The molecule has 2 aromatic carbocycles. The van der Waals surface area contributed by atoms with Crippen LogP contribution in [0.25, 0.3) is 22.0 Å². The molecule has 1 atom stereocenters. The molecule has 3 aromatic rings. The molecule has 1 aromatic heterocycles. The molecule has 0 aliphatic heterocycles. The molecule has 5 nitrogen and oxygen atoms in total. The summed E-state index contributed by atoms with van der Waals surface area (Å²) in [6.45, 7) is 1.86. The Bertz CT molecular complexity index is 1010. The molecule has 148 valence electrons. The Morgan fingerprint density at radius 1 is 1.25 bits per heavy atom. The van der Waals surface area contributed by atoms with Crippen molar-refractivity contribution < 1.29 is 27.5 Å². The van der Waals surface area contributed by atoms with E-state index in [0.29, 0.717) is 16.1 Å². The number of hydrogen-bond acceptors (Lipinski definition) is 4. The van der Waals surface area contributed by atoms with Gasteiger partial charge in [-0.15, -0.1) is 5.10 Å². The highest BCUT2D eigenvalue weighted by Gasteiger charge is 2.38. The van der Waals surface area contributed by atoms with E-state index in [0.717, 1.165) is 16.5 Å². The molecule has 10 heteroatoms. The van der Waals surface area contributed by atoms with Crippen LogP contribution < -0.4 is 5.73 Å². The van der Waals surface area contributed by atoms with E-state index in [1.54, 1.807) is 18.3 Å². The molecule has 0 saturated carbocycles. The zero-order chi connectivity index (χ0) is 21.1. The van der Waals surface area contributed by atoms with E-state index in [9.17, 15) is 17.6 Å². The van der Waals surface area contributed by atoms with E-state index in [2.05, 4.69) is 10.2 Å². The number of benzene rings is 2. The van der Waals surface area contributed by atoms with Gasteiger partial charge in [0.1, 0.15) is 11.3 Å². The molecule has 3 N–H and O–H groups in total. The number of halogens is 5. The molecule has 28 heavy (non-hydrogen) atoms. The number of carbonyl (C=O) groups is 1. The number of carboxylic acids is 1. The van der Waals surface area contributed by atoms with Gasteiger partial charge in [-0.2, -0.15) is 18.3 Å². The summed E-state index contributed by atoms with van der Waals surface area (Å²) in [5.41, 5.74) is 8.98. The SMILES string of the molecule is CC(N)c1cc(Cl)c2ccnnc2c1-c1cccc(F)c1.O=C(O)C(F)(F)F. The van der Waals surface area contributed by atoms with Crippen molar-refractivity contribution in [2.45, 2.75) is 19.1 Å². The highest BCUT2D eigenvalue weighted by atomic mass is 35.5. The lowest BCUT2D eigenvalue weighted by Crippen LogP contribution is -2.21. The van der Waals surface area contributed by atoms with Crippen LogP contribution in [0.3, 0.4) is 0 Å². The fourth-order valence-corrected chi connectivity index (χ4v) is 2.71. The van der Waals surface area contributed by atoms with Gasteiger partial charge in [-0.1, -0.05) is 23.7 Å². The quantitative estimate of drug-likeness (QED) is 0.590. The van der Waals surface area contributed by atoms with Gasteiger partial charge in [0.2, 0.25) is 0 Å². The highest BCUT2D eigenvalue weighted by Crippen LogP contribution is 2.37. The summed E-state index contributed by atoms with van der Waals surface area (Å²) in [5.74, 6) is -3.07. The lowest BCUT2D eigenvalue weighted by Gasteiger charge is -2.16. The molecule has 0 aliphatic rings. The van der Waals surface area contributed by atoms with Crippen molar-refractivity contribution in [1.82, 2.24) is 10.2 Å². The van der Waals surface area contributed by atoms with Crippen LogP contribution in [0.15, 0.2) is 42.6 Å². The Morgan fingerprint density at radius 3 is 2.43 bits per heavy atom. The normalized spacial score (nSPS) is 12.2. The molecular formula is C18H14ClF4N3O2. The number of hydrogen-bond donors (Lipinski definition) is 2. The first-order valence-electron chi connectivity index (χ1n) is 7.77. The Labute approximate surface area is 161 Å². The van der Waals surface area contributed by atoms with Gasteiger partial charge in [0, 0.05) is 17.0 Å². The second-order valence-corrected chi connectivity index (χ2v) is 6.13. The van der Waals surface area contributed by atoms with Crippen LogP contribution in [0.4, 0.5) is 17.6 Å². The van der Waals surface area contributed by atoms with E-state index >= 15 is 0 Å². The molecule has 1 unspecified atom stereocenters. The number of carboxylic acid groups (broad SMARTS) is 1. The summed E-state index contributed by atoms with van der Waals surface area (Å²) in [4.78, 5) is 8.90. The maximum absolute atomic E-state index is 13.6. The maximum Gasteiger partial charge on any atom is 0.490 e. The molecule has 0 fully saturated rings. The van der Waals surface area contributed by atoms with Gasteiger partial charge >= 0.3 is 12.1 Å². The van der Waals surface area contributed by atoms with Crippen LogP contribution in [0.5, 0.6) is 0 Å². The van der Waals surface area contributed by atoms with Crippen LogP contribution in [0.2, 0.25) is 5.02 Å². The van der Waals surface area contributed by atoms with Crippen molar-refractivity contribution in [2.24, 2.45) is 5.73 Å². The van der Waals surface area contributed by atoms with Gasteiger partial charge in [0.05, 0.1) is 11.2 Å². The van der Waals surface area contributed by atoms with Crippen LogP contribution in [-0.2, 0) is 4.79 Å². The van der Waals surface area contributed by atoms with Crippen LogP contribution >= 0.6 is 11.6 Å². The summed E-state index contributed by atoms with van der Waals surface area (Å²) in [6.07, 6.45) is -3.50. The third-order valence-electron chi connectivity index (χ3n) is 3.63. The van der Waals surface area contributed by atoms with E-state index < -0.39 is 12.1 Å². The Morgan fingerprint density at radius 2 is 1.89 bits per heavy atom. The Balaban J connectivity index is 0.000000345. The smallest absolute Gasteiger partial charge is 0.475 e. The summed E-state index contributed by atoms with van der Waals surface area (Å²) in [6, 6.07) is 9.70. The molecule has 1 heterocycles. The molecular weight excluding hydrogens is 402 g/mol. The van der Waals surface area contributed by atoms with Crippen molar-refractivity contribution in [2.75, 3.05) is 0 Å². The minimum Gasteiger partial charge on any atom is -0.475 e. The predicted octanol–water partition coefficient (Wildman–Crippen LogP) is 4.74. The Kier molecular flexibility index (Phi) is 6.52. The minimum absolute atomic E-state index is 0.257. The summed E-state index contributed by atoms with van der Waals surface area (Å²) in [7, 11) is 0. The average molecular weight is 416 g/mol. The second kappa shape index (κ2) is 8.49. The van der Waals surface area contributed by atoms with Crippen molar-refractivity contribution in [1.29, 1.82) is 0 Å². The van der Waals surface area contributed by atoms with Gasteiger partial charge in [-0.05, 0) is 42.3 Å².